The van der Waals surface area contributed by atoms with E-state index in [9.17, 15) is 0 Å². The third kappa shape index (κ3) is 4.90. The van der Waals surface area contributed by atoms with Crippen LogP contribution in [0.4, 0.5) is 0 Å². The number of fused-ring (bicyclic) bond motifs is 5. The Bertz CT molecular complexity index is 2830. The van der Waals surface area contributed by atoms with E-state index in [-0.39, 0.29) is 0 Å². The molecule has 0 bridgehead atoms. The molecule has 238 valence electrons. The normalized spacial score (nSPS) is 11.5. The van der Waals surface area contributed by atoms with Crippen molar-refractivity contribution in [1.29, 1.82) is 0 Å². The monoisotopic (exact) mass is 649 g/mol. The maximum atomic E-state index is 5.08. The number of aromatic nitrogens is 3. The molecule has 0 N–H and O–H groups in total. The molecule has 0 aliphatic carbocycles. The number of hydrogen-bond donors (Lipinski definition) is 0. The molecule has 0 saturated carbocycles. The molecule has 51 heavy (non-hydrogen) atoms. The molecule has 3 nitrogen and oxygen atoms in total. The first-order valence-corrected chi connectivity index (χ1v) is 17.3. The molecule has 10 aromatic rings. The molecule has 2 aromatic heterocycles. The molecule has 0 aliphatic heterocycles. The summed E-state index contributed by atoms with van der Waals surface area (Å²) in [5, 5.41) is 6.05. The second-order valence-corrected chi connectivity index (χ2v) is 13.0. The summed E-state index contributed by atoms with van der Waals surface area (Å²) in [6, 6.07) is 66.9. The van der Waals surface area contributed by atoms with Gasteiger partial charge in [0, 0.05) is 33.0 Å². The third-order valence-electron chi connectivity index (χ3n) is 10.0. The quantitative estimate of drug-likeness (QED) is 0.186. The fourth-order valence-corrected chi connectivity index (χ4v) is 7.61. The summed E-state index contributed by atoms with van der Waals surface area (Å²) in [4.78, 5) is 9.97. The van der Waals surface area contributed by atoms with Gasteiger partial charge in [-0.15, -0.1) is 0 Å². The lowest BCUT2D eigenvalue weighted by molar-refractivity contribution is 1.18. The van der Waals surface area contributed by atoms with Crippen LogP contribution in [0.5, 0.6) is 0 Å². The van der Waals surface area contributed by atoms with Crippen LogP contribution in [-0.2, 0) is 0 Å². The Kier molecular flexibility index (Phi) is 6.81. The predicted octanol–water partition coefficient (Wildman–Crippen LogP) is 12.5. The van der Waals surface area contributed by atoms with Crippen molar-refractivity contribution in [2.75, 3.05) is 0 Å². The zero-order valence-corrected chi connectivity index (χ0v) is 27.7. The Morgan fingerprint density at radius 3 is 1.39 bits per heavy atom. The number of para-hydroxylation sites is 3. The van der Waals surface area contributed by atoms with Gasteiger partial charge in [0.05, 0.1) is 22.2 Å². The van der Waals surface area contributed by atoms with Crippen molar-refractivity contribution in [1.82, 2.24) is 14.5 Å². The molecule has 0 atom stereocenters. The SMILES string of the molecule is c1ccc(-c2nc(-c3ccc(-c4ccc(-c5ccc(-n6c7ccccc7c7ccccc76)cc5)c5ccccc45)cc3)c3ccccc3n2)cc1. The summed E-state index contributed by atoms with van der Waals surface area (Å²) in [6.45, 7) is 0. The lowest BCUT2D eigenvalue weighted by Crippen LogP contribution is -1.95. The van der Waals surface area contributed by atoms with Crippen molar-refractivity contribution in [2.45, 2.75) is 0 Å². The smallest absolute Gasteiger partial charge is 0.160 e. The molecule has 0 amide bonds. The maximum Gasteiger partial charge on any atom is 0.160 e. The number of hydrogen-bond acceptors (Lipinski definition) is 2. The summed E-state index contributed by atoms with van der Waals surface area (Å²) in [5.41, 5.74) is 12.4. The van der Waals surface area contributed by atoms with Crippen LogP contribution in [-0.4, -0.2) is 14.5 Å². The third-order valence-corrected chi connectivity index (χ3v) is 10.0. The average Bonchev–Trinajstić information content (AvgIpc) is 3.55. The summed E-state index contributed by atoms with van der Waals surface area (Å²) < 4.78 is 2.37. The minimum Gasteiger partial charge on any atom is -0.309 e. The van der Waals surface area contributed by atoms with Gasteiger partial charge in [0.1, 0.15) is 0 Å². The van der Waals surface area contributed by atoms with Gasteiger partial charge >= 0.3 is 0 Å². The lowest BCUT2D eigenvalue weighted by atomic mass is 9.91. The van der Waals surface area contributed by atoms with E-state index in [1.54, 1.807) is 0 Å². The van der Waals surface area contributed by atoms with Crippen LogP contribution in [0.25, 0.3) is 94.1 Å². The average molecular weight is 650 g/mol. The van der Waals surface area contributed by atoms with Crippen LogP contribution in [0.1, 0.15) is 0 Å². The Hall–Kier alpha value is -6.84. The van der Waals surface area contributed by atoms with Crippen LogP contribution in [0.3, 0.4) is 0 Å². The molecule has 0 aliphatic rings. The molecule has 0 saturated heterocycles. The minimum absolute atomic E-state index is 0.734. The summed E-state index contributed by atoms with van der Waals surface area (Å²) in [7, 11) is 0. The molecule has 2 heterocycles. The lowest BCUT2D eigenvalue weighted by Gasteiger charge is -2.14. The van der Waals surface area contributed by atoms with E-state index in [1.165, 1.54) is 54.8 Å². The van der Waals surface area contributed by atoms with E-state index in [0.29, 0.717) is 0 Å². The van der Waals surface area contributed by atoms with E-state index in [4.69, 9.17) is 9.97 Å². The number of rotatable bonds is 5. The molecular formula is C48H31N3. The molecule has 10 rings (SSSR count). The largest absolute Gasteiger partial charge is 0.309 e. The van der Waals surface area contributed by atoms with Gasteiger partial charge in [-0.2, -0.15) is 0 Å². The highest BCUT2D eigenvalue weighted by molar-refractivity contribution is 6.09. The van der Waals surface area contributed by atoms with Crippen molar-refractivity contribution >= 4 is 43.5 Å². The van der Waals surface area contributed by atoms with Crippen molar-refractivity contribution < 1.29 is 0 Å². The summed E-state index contributed by atoms with van der Waals surface area (Å²) in [5.74, 6) is 0.734. The first kappa shape index (κ1) is 29.1. The van der Waals surface area contributed by atoms with Crippen LogP contribution in [0.15, 0.2) is 188 Å². The topological polar surface area (TPSA) is 30.7 Å². The van der Waals surface area contributed by atoms with Crippen molar-refractivity contribution in [2.24, 2.45) is 0 Å². The molecule has 8 aromatic carbocycles. The van der Waals surface area contributed by atoms with Crippen LogP contribution in [0, 0.1) is 0 Å². The molecular weight excluding hydrogens is 619 g/mol. The van der Waals surface area contributed by atoms with E-state index in [1.807, 2.05) is 24.3 Å². The van der Waals surface area contributed by atoms with Gasteiger partial charge in [0.2, 0.25) is 0 Å². The highest BCUT2D eigenvalue weighted by Crippen LogP contribution is 2.38. The van der Waals surface area contributed by atoms with Gasteiger partial charge in [0.15, 0.2) is 5.82 Å². The second-order valence-electron chi connectivity index (χ2n) is 13.0. The fraction of sp³-hybridized carbons (Fsp3) is 0. The Balaban J connectivity index is 1.03. The summed E-state index contributed by atoms with van der Waals surface area (Å²) in [6.07, 6.45) is 0. The van der Waals surface area contributed by atoms with Gasteiger partial charge < -0.3 is 4.57 Å². The molecule has 0 fully saturated rings. The number of benzene rings is 8. The minimum atomic E-state index is 0.734. The fourth-order valence-electron chi connectivity index (χ4n) is 7.61. The zero-order chi connectivity index (χ0) is 33.7. The zero-order valence-electron chi connectivity index (χ0n) is 27.7. The highest BCUT2D eigenvalue weighted by Gasteiger charge is 2.15. The van der Waals surface area contributed by atoms with Crippen molar-refractivity contribution in [3.8, 4) is 50.6 Å². The number of nitrogens with zero attached hydrogens (tertiary/aromatic N) is 3. The van der Waals surface area contributed by atoms with E-state index < -0.39 is 0 Å². The Labute approximate surface area is 295 Å². The maximum absolute atomic E-state index is 5.08. The summed E-state index contributed by atoms with van der Waals surface area (Å²) >= 11 is 0. The second kappa shape index (κ2) is 11.9. The first-order valence-electron chi connectivity index (χ1n) is 17.3. The Morgan fingerprint density at radius 1 is 0.314 bits per heavy atom. The molecule has 0 unspecified atom stereocenters. The predicted molar refractivity (Wildman–Crippen MR) is 213 cm³/mol. The highest BCUT2D eigenvalue weighted by atomic mass is 15.0. The molecule has 3 heteroatoms. The van der Waals surface area contributed by atoms with Crippen LogP contribution >= 0.6 is 0 Å². The Morgan fingerprint density at radius 2 is 0.784 bits per heavy atom. The van der Waals surface area contributed by atoms with Gasteiger partial charge in [-0.1, -0.05) is 158 Å². The van der Waals surface area contributed by atoms with E-state index in [2.05, 4.69) is 168 Å². The van der Waals surface area contributed by atoms with Gasteiger partial charge in [-0.05, 0) is 63.4 Å². The van der Waals surface area contributed by atoms with E-state index in [0.717, 1.165) is 39.2 Å². The van der Waals surface area contributed by atoms with Gasteiger partial charge in [-0.3, -0.25) is 0 Å². The van der Waals surface area contributed by atoms with Crippen molar-refractivity contribution in [3.63, 3.8) is 0 Å². The van der Waals surface area contributed by atoms with Crippen LogP contribution in [0.2, 0.25) is 0 Å². The van der Waals surface area contributed by atoms with Gasteiger partial charge in [0.25, 0.3) is 0 Å². The standard InChI is InChI=1S/C48H31N3/c1-2-12-35(13-3-1)48-49-44-19-9-6-18-43(44)47(50-48)34-24-22-32(23-25-34)37-30-31-38(40-15-5-4-14-39(37)40)33-26-28-36(29-27-33)51-45-20-10-7-16-41(45)42-17-8-11-21-46(42)51/h1-31H. The van der Waals surface area contributed by atoms with Crippen LogP contribution < -0.4 is 0 Å². The first-order chi connectivity index (χ1) is 25.3. The van der Waals surface area contributed by atoms with E-state index >= 15 is 0 Å². The van der Waals surface area contributed by atoms with Gasteiger partial charge in [-0.25, -0.2) is 9.97 Å². The molecule has 0 spiro atoms. The molecule has 0 radical (unpaired) electrons. The van der Waals surface area contributed by atoms with Crippen molar-refractivity contribution in [3.05, 3.63) is 188 Å².